The molecule has 124 valence electrons. The molecule has 1 aromatic rings. The lowest BCUT2D eigenvalue weighted by Crippen LogP contribution is -2.49. The highest BCUT2D eigenvalue weighted by Crippen LogP contribution is 2.30. The third-order valence-corrected chi connectivity index (χ3v) is 4.68. The third-order valence-electron chi connectivity index (χ3n) is 4.68. The zero-order valence-electron chi connectivity index (χ0n) is 13.3. The molecule has 1 heterocycles. The van der Waals surface area contributed by atoms with Crippen molar-refractivity contribution in [2.24, 2.45) is 5.92 Å². The second-order valence-electron chi connectivity index (χ2n) is 5.81. The Labute approximate surface area is 138 Å². The molecular weight excluding hydrogens is 303 g/mol. The summed E-state index contributed by atoms with van der Waals surface area (Å²) >= 11 is 0. The minimum absolute atomic E-state index is 0. The van der Waals surface area contributed by atoms with Crippen LogP contribution in [0.25, 0.3) is 0 Å². The monoisotopic (exact) mass is 328 g/mol. The standard InChI is InChI=1S/C17H25FN2O.ClH/c1-3-17(4-2,14-5-7-15(18)8-6-14)20-16(21)13-9-11-19-12-10-13;/h5-8,13,19H,3-4,9-12H2,1-2H3,(H,20,21);1H. The van der Waals surface area contributed by atoms with Crippen molar-refractivity contribution in [1.82, 2.24) is 10.6 Å². The number of rotatable bonds is 5. The van der Waals surface area contributed by atoms with Crippen molar-refractivity contribution < 1.29 is 9.18 Å². The van der Waals surface area contributed by atoms with Gasteiger partial charge in [0, 0.05) is 5.92 Å². The fourth-order valence-corrected chi connectivity index (χ4v) is 3.10. The Morgan fingerprint density at radius 1 is 1.23 bits per heavy atom. The van der Waals surface area contributed by atoms with Crippen molar-refractivity contribution in [3.05, 3.63) is 35.6 Å². The van der Waals surface area contributed by atoms with Crippen molar-refractivity contribution in [1.29, 1.82) is 0 Å². The fraction of sp³-hybridized carbons (Fsp3) is 0.588. The quantitative estimate of drug-likeness (QED) is 0.870. The first-order chi connectivity index (χ1) is 10.1. The molecule has 3 nitrogen and oxygen atoms in total. The minimum Gasteiger partial charge on any atom is -0.346 e. The predicted octanol–water partition coefficient (Wildman–Crippen LogP) is 3.38. The van der Waals surface area contributed by atoms with Crippen molar-refractivity contribution in [3.8, 4) is 0 Å². The number of hydrogen-bond donors (Lipinski definition) is 2. The van der Waals surface area contributed by atoms with Gasteiger partial charge >= 0.3 is 0 Å². The van der Waals surface area contributed by atoms with Crippen molar-refractivity contribution in [2.75, 3.05) is 13.1 Å². The van der Waals surface area contributed by atoms with E-state index in [4.69, 9.17) is 0 Å². The molecule has 1 fully saturated rings. The van der Waals surface area contributed by atoms with E-state index in [1.165, 1.54) is 12.1 Å². The SMILES string of the molecule is CCC(CC)(NC(=O)C1CCNCC1)c1ccc(F)cc1.Cl. The molecular formula is C17H26ClFN2O. The maximum Gasteiger partial charge on any atom is 0.223 e. The van der Waals surface area contributed by atoms with Gasteiger partial charge in [-0.2, -0.15) is 0 Å². The van der Waals surface area contributed by atoms with Gasteiger partial charge in [-0.05, 0) is 56.5 Å². The van der Waals surface area contributed by atoms with E-state index in [1.807, 2.05) is 0 Å². The average molecular weight is 329 g/mol. The van der Waals surface area contributed by atoms with Crippen LogP contribution in [0, 0.1) is 11.7 Å². The van der Waals surface area contributed by atoms with E-state index in [1.54, 1.807) is 12.1 Å². The van der Waals surface area contributed by atoms with Crippen LogP contribution in [-0.4, -0.2) is 19.0 Å². The van der Waals surface area contributed by atoms with E-state index in [2.05, 4.69) is 24.5 Å². The summed E-state index contributed by atoms with van der Waals surface area (Å²) in [4.78, 5) is 12.6. The summed E-state index contributed by atoms with van der Waals surface area (Å²) in [5.74, 6) is -0.0294. The third kappa shape index (κ3) is 4.20. The summed E-state index contributed by atoms with van der Waals surface area (Å²) in [7, 11) is 0. The van der Waals surface area contributed by atoms with Gasteiger partial charge in [-0.1, -0.05) is 26.0 Å². The van der Waals surface area contributed by atoms with Crippen LogP contribution in [0.3, 0.4) is 0 Å². The maximum atomic E-state index is 13.1. The van der Waals surface area contributed by atoms with Gasteiger partial charge in [-0.3, -0.25) is 4.79 Å². The summed E-state index contributed by atoms with van der Waals surface area (Å²) in [6.45, 7) is 5.94. The number of nitrogens with one attached hydrogen (secondary N) is 2. The molecule has 0 saturated carbocycles. The number of carbonyl (C=O) groups is 1. The number of carbonyl (C=O) groups excluding carboxylic acids is 1. The smallest absolute Gasteiger partial charge is 0.223 e. The molecule has 1 amide bonds. The van der Waals surface area contributed by atoms with Crippen LogP contribution in [0.4, 0.5) is 4.39 Å². The maximum absolute atomic E-state index is 13.1. The van der Waals surface area contributed by atoms with E-state index in [0.717, 1.165) is 44.3 Å². The lowest BCUT2D eigenvalue weighted by molar-refractivity contribution is -0.128. The normalized spacial score (nSPS) is 16.0. The van der Waals surface area contributed by atoms with Crippen molar-refractivity contribution in [3.63, 3.8) is 0 Å². The first-order valence-corrected chi connectivity index (χ1v) is 7.90. The molecule has 0 aromatic heterocycles. The first kappa shape index (κ1) is 18.9. The molecule has 0 unspecified atom stereocenters. The number of hydrogen-bond acceptors (Lipinski definition) is 2. The number of halogens is 2. The Balaban J connectivity index is 0.00000242. The van der Waals surface area contributed by atoms with Gasteiger partial charge in [-0.15, -0.1) is 12.4 Å². The van der Waals surface area contributed by atoms with E-state index < -0.39 is 5.54 Å². The molecule has 1 aliphatic heterocycles. The van der Waals surface area contributed by atoms with Crippen molar-refractivity contribution in [2.45, 2.75) is 45.1 Å². The van der Waals surface area contributed by atoms with Gasteiger partial charge in [0.15, 0.2) is 0 Å². The van der Waals surface area contributed by atoms with Gasteiger partial charge in [0.1, 0.15) is 5.82 Å². The highest BCUT2D eigenvalue weighted by atomic mass is 35.5. The fourth-order valence-electron chi connectivity index (χ4n) is 3.10. The van der Waals surface area contributed by atoms with Gasteiger partial charge in [0.2, 0.25) is 5.91 Å². The predicted molar refractivity (Wildman–Crippen MR) is 89.6 cm³/mol. The molecule has 5 heteroatoms. The zero-order valence-corrected chi connectivity index (χ0v) is 14.1. The molecule has 1 aromatic carbocycles. The van der Waals surface area contributed by atoms with E-state index in [-0.39, 0.29) is 30.0 Å². The number of piperidine rings is 1. The zero-order chi connectivity index (χ0) is 15.3. The van der Waals surface area contributed by atoms with Gasteiger partial charge in [0.05, 0.1) is 5.54 Å². The molecule has 1 saturated heterocycles. The Bertz CT molecular complexity index is 468. The average Bonchev–Trinajstić information content (AvgIpc) is 2.54. The molecule has 0 spiro atoms. The van der Waals surface area contributed by atoms with E-state index in [9.17, 15) is 9.18 Å². The van der Waals surface area contributed by atoms with Gasteiger partial charge in [0.25, 0.3) is 0 Å². The topological polar surface area (TPSA) is 41.1 Å². The Morgan fingerprint density at radius 3 is 2.27 bits per heavy atom. The largest absolute Gasteiger partial charge is 0.346 e. The Hall–Kier alpha value is -1.13. The molecule has 22 heavy (non-hydrogen) atoms. The summed E-state index contributed by atoms with van der Waals surface area (Å²) in [5.41, 5.74) is 0.589. The summed E-state index contributed by atoms with van der Waals surface area (Å²) in [6.07, 6.45) is 3.37. The van der Waals surface area contributed by atoms with Crippen molar-refractivity contribution >= 4 is 18.3 Å². The van der Waals surface area contributed by atoms with Crippen LogP contribution in [0.2, 0.25) is 0 Å². The lowest BCUT2D eigenvalue weighted by atomic mass is 9.83. The molecule has 0 aliphatic carbocycles. The lowest BCUT2D eigenvalue weighted by Gasteiger charge is -2.36. The van der Waals surface area contributed by atoms with Crippen LogP contribution in [0.15, 0.2) is 24.3 Å². The second kappa shape index (κ2) is 8.49. The highest BCUT2D eigenvalue weighted by Gasteiger charge is 2.33. The molecule has 0 radical (unpaired) electrons. The highest BCUT2D eigenvalue weighted by molar-refractivity contribution is 5.85. The second-order valence-corrected chi connectivity index (χ2v) is 5.81. The molecule has 0 atom stereocenters. The number of benzene rings is 1. The summed E-state index contributed by atoms with van der Waals surface area (Å²) < 4.78 is 13.1. The Morgan fingerprint density at radius 2 is 1.77 bits per heavy atom. The van der Waals surface area contributed by atoms with E-state index in [0.29, 0.717) is 0 Å². The number of amides is 1. The molecule has 2 N–H and O–H groups in total. The molecule has 0 bridgehead atoms. The Kier molecular flexibility index (Phi) is 7.30. The minimum atomic E-state index is -0.393. The van der Waals surface area contributed by atoms with Crippen LogP contribution >= 0.6 is 12.4 Å². The van der Waals surface area contributed by atoms with Crippen LogP contribution in [-0.2, 0) is 10.3 Å². The van der Waals surface area contributed by atoms with Crippen LogP contribution in [0.1, 0.15) is 45.1 Å². The molecule has 1 aliphatic rings. The first-order valence-electron chi connectivity index (χ1n) is 7.90. The van der Waals surface area contributed by atoms with E-state index >= 15 is 0 Å². The molecule has 2 rings (SSSR count). The van der Waals surface area contributed by atoms with Gasteiger partial charge < -0.3 is 10.6 Å². The van der Waals surface area contributed by atoms with Gasteiger partial charge in [-0.25, -0.2) is 4.39 Å². The van der Waals surface area contributed by atoms with Crippen LogP contribution in [0.5, 0.6) is 0 Å². The van der Waals surface area contributed by atoms with Crippen LogP contribution < -0.4 is 10.6 Å². The summed E-state index contributed by atoms with van der Waals surface area (Å²) in [5, 5.41) is 6.52. The summed E-state index contributed by atoms with van der Waals surface area (Å²) in [6, 6.07) is 6.49.